The van der Waals surface area contributed by atoms with Gasteiger partial charge in [0.25, 0.3) is 0 Å². The van der Waals surface area contributed by atoms with Crippen LogP contribution in [0.4, 0.5) is 5.13 Å². The number of carbonyl (C=O) groups is 1. The van der Waals surface area contributed by atoms with Crippen molar-refractivity contribution in [1.29, 1.82) is 0 Å². The lowest BCUT2D eigenvalue weighted by Crippen LogP contribution is -2.33. The minimum atomic E-state index is 0.211. The van der Waals surface area contributed by atoms with E-state index in [1.54, 1.807) is 0 Å². The Balaban J connectivity index is 1.86. The summed E-state index contributed by atoms with van der Waals surface area (Å²) in [5, 5.41) is 10.2. The molecule has 0 bridgehead atoms. The van der Waals surface area contributed by atoms with Crippen molar-refractivity contribution in [2.24, 2.45) is 5.92 Å². The van der Waals surface area contributed by atoms with Gasteiger partial charge in [-0.25, -0.2) is 0 Å². The van der Waals surface area contributed by atoms with Gasteiger partial charge < -0.3 is 0 Å². The summed E-state index contributed by atoms with van der Waals surface area (Å²) < 4.78 is 0. The highest BCUT2D eigenvalue weighted by Gasteiger charge is 2.35. The Bertz CT molecular complexity index is 663. The summed E-state index contributed by atoms with van der Waals surface area (Å²) >= 11 is 1.52. The van der Waals surface area contributed by atoms with Gasteiger partial charge in [-0.05, 0) is 31.7 Å². The minimum Gasteiger partial charge on any atom is -0.286 e. The van der Waals surface area contributed by atoms with Crippen LogP contribution in [0.15, 0.2) is 24.3 Å². The van der Waals surface area contributed by atoms with Crippen LogP contribution in [0.1, 0.15) is 38.2 Å². The zero-order valence-electron chi connectivity index (χ0n) is 13.1. The van der Waals surface area contributed by atoms with Gasteiger partial charge in [0, 0.05) is 18.0 Å². The highest BCUT2D eigenvalue weighted by atomic mass is 32.1. The quantitative estimate of drug-likeness (QED) is 0.807. The molecule has 1 heterocycles. The van der Waals surface area contributed by atoms with Crippen molar-refractivity contribution in [2.45, 2.75) is 39.5 Å². The summed E-state index contributed by atoms with van der Waals surface area (Å²) in [5.74, 6) is 0.434. The first-order valence-corrected chi connectivity index (χ1v) is 8.73. The molecule has 0 spiro atoms. The molecule has 1 amide bonds. The van der Waals surface area contributed by atoms with Crippen LogP contribution in [-0.2, 0) is 4.79 Å². The second kappa shape index (κ2) is 6.57. The first-order chi connectivity index (χ1) is 10.7. The van der Waals surface area contributed by atoms with Gasteiger partial charge >= 0.3 is 0 Å². The molecule has 1 aromatic carbocycles. The van der Waals surface area contributed by atoms with Gasteiger partial charge in [-0.3, -0.25) is 9.69 Å². The van der Waals surface area contributed by atoms with E-state index in [4.69, 9.17) is 0 Å². The molecule has 0 aliphatic heterocycles. The predicted molar refractivity (Wildman–Crippen MR) is 90.1 cm³/mol. The van der Waals surface area contributed by atoms with Crippen LogP contribution in [0.5, 0.6) is 0 Å². The molecule has 116 valence electrons. The minimum absolute atomic E-state index is 0.211. The fourth-order valence-corrected chi connectivity index (χ4v) is 3.38. The Kier molecular flexibility index (Phi) is 4.52. The summed E-state index contributed by atoms with van der Waals surface area (Å²) in [6.45, 7) is 4.95. The fraction of sp³-hybridized carbons (Fsp3) is 0.471. The lowest BCUT2D eigenvalue weighted by molar-refractivity contribution is -0.119. The maximum Gasteiger partial charge on any atom is 0.231 e. The molecule has 4 nitrogen and oxygen atoms in total. The maximum atomic E-state index is 12.5. The molecule has 0 atom stereocenters. The molecule has 2 aromatic rings. The van der Waals surface area contributed by atoms with Gasteiger partial charge in [0.1, 0.15) is 5.01 Å². The molecule has 1 aliphatic carbocycles. The summed E-state index contributed by atoms with van der Waals surface area (Å²) in [4.78, 5) is 14.3. The van der Waals surface area contributed by atoms with Crippen LogP contribution < -0.4 is 4.90 Å². The Morgan fingerprint density at radius 1 is 1.32 bits per heavy atom. The molecule has 5 heteroatoms. The Morgan fingerprint density at radius 3 is 2.77 bits per heavy atom. The van der Waals surface area contributed by atoms with Crippen molar-refractivity contribution in [3.63, 3.8) is 0 Å². The SMILES string of the molecule is CCCCN(C(=O)C1CC1)c1nnc(-c2ccccc2C)s1. The molecule has 0 saturated heterocycles. The van der Waals surface area contributed by atoms with Crippen LogP contribution in [0.3, 0.4) is 0 Å². The van der Waals surface area contributed by atoms with Gasteiger partial charge in [0.05, 0.1) is 0 Å². The second-order valence-corrected chi connectivity index (χ2v) is 6.78. The van der Waals surface area contributed by atoms with E-state index >= 15 is 0 Å². The van der Waals surface area contributed by atoms with Crippen LogP contribution in [-0.4, -0.2) is 22.6 Å². The molecule has 1 fully saturated rings. The average Bonchev–Trinajstić information content (AvgIpc) is 3.27. The molecular formula is C17H21N3OS. The van der Waals surface area contributed by atoms with Crippen molar-refractivity contribution in [1.82, 2.24) is 10.2 Å². The van der Waals surface area contributed by atoms with E-state index in [1.807, 2.05) is 17.0 Å². The number of aromatic nitrogens is 2. The zero-order chi connectivity index (χ0) is 15.5. The first kappa shape index (κ1) is 15.2. The smallest absolute Gasteiger partial charge is 0.231 e. The lowest BCUT2D eigenvalue weighted by Gasteiger charge is -2.18. The van der Waals surface area contributed by atoms with Gasteiger partial charge in [0.2, 0.25) is 11.0 Å². The number of hydrogen-bond acceptors (Lipinski definition) is 4. The van der Waals surface area contributed by atoms with Crippen molar-refractivity contribution in [3.05, 3.63) is 29.8 Å². The zero-order valence-corrected chi connectivity index (χ0v) is 13.9. The van der Waals surface area contributed by atoms with Crippen molar-refractivity contribution < 1.29 is 4.79 Å². The molecule has 1 aromatic heterocycles. The van der Waals surface area contributed by atoms with Gasteiger partial charge in [-0.1, -0.05) is 48.9 Å². The second-order valence-electron chi connectivity index (χ2n) is 5.82. The third-order valence-electron chi connectivity index (χ3n) is 3.95. The number of unbranched alkanes of at least 4 members (excludes halogenated alkanes) is 1. The van der Waals surface area contributed by atoms with Crippen LogP contribution >= 0.6 is 11.3 Å². The molecular weight excluding hydrogens is 294 g/mol. The fourth-order valence-electron chi connectivity index (χ4n) is 2.41. The highest BCUT2D eigenvalue weighted by molar-refractivity contribution is 7.18. The van der Waals surface area contributed by atoms with E-state index in [0.29, 0.717) is 0 Å². The number of carbonyl (C=O) groups excluding carboxylic acids is 1. The number of amides is 1. The molecule has 0 radical (unpaired) electrons. The summed E-state index contributed by atoms with van der Waals surface area (Å²) in [6.07, 6.45) is 4.10. The Hall–Kier alpha value is -1.75. The van der Waals surface area contributed by atoms with Gasteiger partial charge in [-0.2, -0.15) is 0 Å². The molecule has 22 heavy (non-hydrogen) atoms. The third kappa shape index (κ3) is 3.19. The predicted octanol–water partition coefficient (Wildman–Crippen LogP) is 4.06. The number of aryl methyl sites for hydroxylation is 1. The largest absolute Gasteiger partial charge is 0.286 e. The van der Waals surface area contributed by atoms with Crippen LogP contribution in [0.25, 0.3) is 10.6 Å². The van der Waals surface area contributed by atoms with Crippen molar-refractivity contribution >= 4 is 22.4 Å². The molecule has 1 aliphatic rings. The monoisotopic (exact) mass is 315 g/mol. The highest BCUT2D eigenvalue weighted by Crippen LogP contribution is 2.36. The summed E-state index contributed by atoms with van der Waals surface area (Å²) in [6, 6.07) is 8.15. The van der Waals surface area contributed by atoms with Crippen molar-refractivity contribution in [2.75, 3.05) is 11.4 Å². The van der Waals surface area contributed by atoms with E-state index in [9.17, 15) is 4.79 Å². The van der Waals surface area contributed by atoms with Crippen molar-refractivity contribution in [3.8, 4) is 10.6 Å². The van der Waals surface area contributed by atoms with Gasteiger partial charge in [0.15, 0.2) is 0 Å². The summed E-state index contributed by atoms with van der Waals surface area (Å²) in [7, 11) is 0. The number of nitrogens with zero attached hydrogens (tertiary/aromatic N) is 3. The normalized spacial score (nSPS) is 14.1. The molecule has 3 rings (SSSR count). The Morgan fingerprint density at radius 2 is 2.09 bits per heavy atom. The maximum absolute atomic E-state index is 12.5. The van der Waals surface area contributed by atoms with E-state index in [1.165, 1.54) is 16.9 Å². The third-order valence-corrected chi connectivity index (χ3v) is 4.93. The average molecular weight is 315 g/mol. The number of rotatable bonds is 6. The van der Waals surface area contributed by atoms with E-state index in [0.717, 1.165) is 47.9 Å². The van der Waals surface area contributed by atoms with Crippen LogP contribution in [0.2, 0.25) is 0 Å². The van der Waals surface area contributed by atoms with Crippen LogP contribution in [0, 0.1) is 12.8 Å². The molecule has 0 unspecified atom stereocenters. The molecule has 1 saturated carbocycles. The first-order valence-electron chi connectivity index (χ1n) is 7.91. The number of hydrogen-bond donors (Lipinski definition) is 0. The summed E-state index contributed by atoms with van der Waals surface area (Å²) in [5.41, 5.74) is 2.28. The van der Waals surface area contributed by atoms with E-state index in [-0.39, 0.29) is 11.8 Å². The lowest BCUT2D eigenvalue weighted by atomic mass is 10.1. The van der Waals surface area contributed by atoms with E-state index in [2.05, 4.69) is 36.2 Å². The standard InChI is InChI=1S/C17H21N3OS/c1-3-4-11-20(16(21)13-9-10-13)17-19-18-15(22-17)14-8-6-5-7-12(14)2/h5-8,13H,3-4,9-11H2,1-2H3. The number of benzene rings is 1. The molecule has 0 N–H and O–H groups in total. The topological polar surface area (TPSA) is 46.1 Å². The number of anilines is 1. The Labute approximate surface area is 135 Å². The van der Waals surface area contributed by atoms with Gasteiger partial charge in [-0.15, -0.1) is 10.2 Å². The van der Waals surface area contributed by atoms with E-state index < -0.39 is 0 Å².